The minimum Gasteiger partial charge on any atom is -0.454 e. The fourth-order valence-electron chi connectivity index (χ4n) is 3.09. The van der Waals surface area contributed by atoms with E-state index < -0.39 is 0 Å². The smallest absolute Gasteiger partial charge is 0.317 e. The second-order valence-corrected chi connectivity index (χ2v) is 7.23. The summed E-state index contributed by atoms with van der Waals surface area (Å²) in [6.07, 6.45) is 0. The first-order valence-corrected chi connectivity index (χ1v) is 9.38. The molecule has 0 saturated carbocycles. The fraction of sp³-hybridized carbons (Fsp3) is 0.471. The van der Waals surface area contributed by atoms with Crippen LogP contribution >= 0.6 is 11.5 Å². The number of nitrogens with zero attached hydrogens (tertiary/aromatic N) is 4. The minimum absolute atomic E-state index is 0.0273. The van der Waals surface area contributed by atoms with E-state index in [4.69, 9.17) is 9.47 Å². The molecule has 3 heterocycles. The molecule has 26 heavy (non-hydrogen) atoms. The number of benzene rings is 1. The highest BCUT2D eigenvalue weighted by Gasteiger charge is 2.22. The molecule has 0 atom stereocenters. The van der Waals surface area contributed by atoms with Gasteiger partial charge < -0.3 is 19.7 Å². The number of aromatic nitrogens is 2. The average molecular weight is 375 g/mol. The summed E-state index contributed by atoms with van der Waals surface area (Å²) in [6.45, 7) is 6.67. The van der Waals surface area contributed by atoms with Crippen LogP contribution in [0.2, 0.25) is 0 Å². The molecule has 0 unspecified atom stereocenters. The molecule has 4 rings (SSSR count). The summed E-state index contributed by atoms with van der Waals surface area (Å²) in [6, 6.07) is 6.03. The van der Waals surface area contributed by atoms with Crippen LogP contribution in [0.15, 0.2) is 18.2 Å². The molecule has 2 aliphatic heterocycles. The molecular formula is C17H21N5O3S. The molecule has 1 aromatic carbocycles. The monoisotopic (exact) mass is 375 g/mol. The van der Waals surface area contributed by atoms with Crippen LogP contribution in [-0.4, -0.2) is 58.4 Å². The van der Waals surface area contributed by atoms with Gasteiger partial charge in [0.15, 0.2) is 11.5 Å². The first-order chi connectivity index (χ1) is 12.7. The van der Waals surface area contributed by atoms with E-state index >= 15 is 0 Å². The topological polar surface area (TPSA) is 79.8 Å². The molecule has 138 valence electrons. The van der Waals surface area contributed by atoms with Gasteiger partial charge in [0, 0.05) is 32.7 Å². The summed E-state index contributed by atoms with van der Waals surface area (Å²) in [5.41, 5.74) is 2.07. The van der Waals surface area contributed by atoms with Gasteiger partial charge in [0.1, 0.15) is 0 Å². The Morgan fingerprint density at radius 2 is 2.04 bits per heavy atom. The Bertz CT molecular complexity index is 788. The lowest BCUT2D eigenvalue weighted by molar-refractivity contribution is 0.135. The van der Waals surface area contributed by atoms with Crippen molar-refractivity contribution in [3.05, 3.63) is 34.3 Å². The molecule has 8 nitrogen and oxygen atoms in total. The van der Waals surface area contributed by atoms with Gasteiger partial charge >= 0.3 is 6.03 Å². The molecule has 1 saturated heterocycles. The number of nitrogens with one attached hydrogen (secondary N) is 1. The molecule has 0 spiro atoms. The molecule has 2 amide bonds. The van der Waals surface area contributed by atoms with Crippen molar-refractivity contribution in [1.82, 2.24) is 24.7 Å². The highest BCUT2D eigenvalue weighted by atomic mass is 32.1. The van der Waals surface area contributed by atoms with E-state index in [0.29, 0.717) is 13.3 Å². The van der Waals surface area contributed by atoms with Crippen molar-refractivity contribution >= 4 is 17.6 Å². The number of aryl methyl sites for hydroxylation is 1. The van der Waals surface area contributed by atoms with Gasteiger partial charge in [0.2, 0.25) is 6.79 Å². The number of carbonyl (C=O) groups excluding carboxylic acids is 1. The van der Waals surface area contributed by atoms with Gasteiger partial charge in [-0.15, -0.1) is 5.10 Å². The fourth-order valence-corrected chi connectivity index (χ4v) is 3.66. The maximum absolute atomic E-state index is 12.3. The zero-order valence-corrected chi connectivity index (χ0v) is 15.4. The van der Waals surface area contributed by atoms with E-state index in [9.17, 15) is 4.79 Å². The van der Waals surface area contributed by atoms with Gasteiger partial charge in [-0.05, 0) is 36.2 Å². The van der Waals surface area contributed by atoms with Gasteiger partial charge in [-0.1, -0.05) is 10.6 Å². The van der Waals surface area contributed by atoms with Crippen molar-refractivity contribution in [2.75, 3.05) is 33.0 Å². The Balaban J connectivity index is 1.24. The first kappa shape index (κ1) is 17.0. The molecule has 9 heteroatoms. The van der Waals surface area contributed by atoms with Crippen LogP contribution < -0.4 is 14.8 Å². The van der Waals surface area contributed by atoms with Gasteiger partial charge in [-0.25, -0.2) is 4.79 Å². The third-order valence-corrected chi connectivity index (χ3v) is 5.47. The predicted molar refractivity (Wildman–Crippen MR) is 96.3 cm³/mol. The number of piperazine rings is 1. The third kappa shape index (κ3) is 3.73. The molecule has 0 aliphatic carbocycles. The third-order valence-electron chi connectivity index (χ3n) is 4.65. The predicted octanol–water partition coefficient (Wildman–Crippen LogP) is 1.60. The zero-order valence-electron chi connectivity index (χ0n) is 14.6. The lowest BCUT2D eigenvalue weighted by Crippen LogP contribution is -2.51. The second-order valence-electron chi connectivity index (χ2n) is 6.39. The van der Waals surface area contributed by atoms with Crippen molar-refractivity contribution in [1.29, 1.82) is 0 Å². The van der Waals surface area contributed by atoms with Crippen LogP contribution in [0, 0.1) is 6.92 Å². The van der Waals surface area contributed by atoms with E-state index in [1.807, 2.05) is 24.0 Å². The molecule has 1 aromatic heterocycles. The Morgan fingerprint density at radius 3 is 2.81 bits per heavy atom. The summed E-state index contributed by atoms with van der Waals surface area (Å²) < 4.78 is 14.7. The summed E-state index contributed by atoms with van der Waals surface area (Å²) in [5.74, 6) is 1.62. The zero-order chi connectivity index (χ0) is 17.9. The second kappa shape index (κ2) is 7.46. The van der Waals surface area contributed by atoms with Gasteiger partial charge in [-0.2, -0.15) is 0 Å². The quantitative estimate of drug-likeness (QED) is 0.874. The summed E-state index contributed by atoms with van der Waals surface area (Å²) in [7, 11) is 0. The van der Waals surface area contributed by atoms with Crippen LogP contribution in [0.1, 0.15) is 16.1 Å². The molecule has 2 aliphatic rings. The number of amides is 2. The number of hydrogen-bond donors (Lipinski definition) is 1. The van der Waals surface area contributed by atoms with Crippen molar-refractivity contribution < 1.29 is 14.3 Å². The SMILES string of the molecule is Cc1nnsc1CNC(=O)N1CCN(Cc2ccc3c(c2)OCO3)CC1. The minimum atomic E-state index is -0.0273. The maximum Gasteiger partial charge on any atom is 0.317 e. The average Bonchev–Trinajstić information content (AvgIpc) is 3.28. The first-order valence-electron chi connectivity index (χ1n) is 8.60. The summed E-state index contributed by atoms with van der Waals surface area (Å²) in [4.78, 5) is 17.5. The van der Waals surface area contributed by atoms with E-state index in [1.165, 1.54) is 17.1 Å². The van der Waals surface area contributed by atoms with Crippen LogP contribution in [-0.2, 0) is 13.1 Å². The van der Waals surface area contributed by atoms with Crippen molar-refractivity contribution in [2.24, 2.45) is 0 Å². The number of hydrogen-bond acceptors (Lipinski definition) is 7. The normalized spacial score (nSPS) is 16.7. The molecule has 1 fully saturated rings. The lowest BCUT2D eigenvalue weighted by atomic mass is 10.1. The highest BCUT2D eigenvalue weighted by Crippen LogP contribution is 2.32. The molecule has 1 N–H and O–H groups in total. The van der Waals surface area contributed by atoms with E-state index in [0.717, 1.165) is 54.8 Å². The summed E-state index contributed by atoms with van der Waals surface area (Å²) >= 11 is 1.33. The highest BCUT2D eigenvalue weighted by molar-refractivity contribution is 7.05. The molecular weight excluding hydrogens is 354 g/mol. The molecule has 0 bridgehead atoms. The number of ether oxygens (including phenoxy) is 2. The van der Waals surface area contributed by atoms with Crippen molar-refractivity contribution in [3.8, 4) is 11.5 Å². The Labute approximate surface area is 155 Å². The maximum atomic E-state index is 12.3. The van der Waals surface area contributed by atoms with Crippen LogP contribution in [0.4, 0.5) is 4.79 Å². The Hall–Kier alpha value is -2.39. The molecule has 2 aromatic rings. The standard InChI is InChI=1S/C17H21N5O3S/c1-12-16(26-20-19-12)9-18-17(23)22-6-4-21(5-7-22)10-13-2-3-14-15(8-13)25-11-24-14/h2-3,8H,4-7,9-11H2,1H3,(H,18,23). The summed E-state index contributed by atoms with van der Waals surface area (Å²) in [5, 5.41) is 6.92. The number of urea groups is 1. The van der Waals surface area contributed by atoms with E-state index in [2.05, 4.69) is 25.9 Å². The van der Waals surface area contributed by atoms with Gasteiger partial charge in [0.25, 0.3) is 0 Å². The Morgan fingerprint density at radius 1 is 1.23 bits per heavy atom. The lowest BCUT2D eigenvalue weighted by Gasteiger charge is -2.34. The van der Waals surface area contributed by atoms with Gasteiger partial charge in [-0.3, -0.25) is 4.90 Å². The van der Waals surface area contributed by atoms with E-state index in [-0.39, 0.29) is 6.03 Å². The van der Waals surface area contributed by atoms with Gasteiger partial charge in [0.05, 0.1) is 17.1 Å². The number of carbonyl (C=O) groups is 1. The van der Waals surface area contributed by atoms with Crippen LogP contribution in [0.3, 0.4) is 0 Å². The van der Waals surface area contributed by atoms with E-state index in [1.54, 1.807) is 0 Å². The van der Waals surface area contributed by atoms with Crippen LogP contribution in [0.5, 0.6) is 11.5 Å². The number of rotatable bonds is 4. The van der Waals surface area contributed by atoms with Crippen LogP contribution in [0.25, 0.3) is 0 Å². The Kier molecular flexibility index (Phi) is 4.89. The van der Waals surface area contributed by atoms with Crippen molar-refractivity contribution in [3.63, 3.8) is 0 Å². The largest absolute Gasteiger partial charge is 0.454 e. The molecule has 0 radical (unpaired) electrons. The number of fused-ring (bicyclic) bond motifs is 1. The van der Waals surface area contributed by atoms with Crippen molar-refractivity contribution in [2.45, 2.75) is 20.0 Å².